The normalized spacial score (nSPS) is 12.2. The van der Waals surface area contributed by atoms with Gasteiger partial charge in [0.15, 0.2) is 5.03 Å². The summed E-state index contributed by atoms with van der Waals surface area (Å²) >= 11 is 0. The predicted molar refractivity (Wildman–Crippen MR) is 215 cm³/mol. The maximum atomic E-state index is 12.6. The molecule has 0 aromatic rings. The van der Waals surface area contributed by atoms with Crippen molar-refractivity contribution < 1.29 is 24.1 Å². The van der Waals surface area contributed by atoms with Crippen LogP contribution in [0.2, 0.25) is 0 Å². The van der Waals surface area contributed by atoms with Gasteiger partial charge in [-0.25, -0.2) is 10.1 Å². The molecule has 0 amide bonds. The first kappa shape index (κ1) is 49.6. The highest BCUT2D eigenvalue weighted by atomic mass is 16.7. The van der Waals surface area contributed by atoms with Gasteiger partial charge < -0.3 is 25.0 Å². The third-order valence-electron chi connectivity index (χ3n) is 9.64. The minimum absolute atomic E-state index is 0.0232. The summed E-state index contributed by atoms with van der Waals surface area (Å²) in [4.78, 5) is 37.8. The van der Waals surface area contributed by atoms with Gasteiger partial charge in [-0.3, -0.25) is 9.59 Å². The molecule has 0 aromatic heterocycles. The Hall–Kier alpha value is -2.43. The van der Waals surface area contributed by atoms with Gasteiger partial charge in [-0.15, -0.1) is 0 Å². The summed E-state index contributed by atoms with van der Waals surface area (Å²) in [6.45, 7) is 10.8. The number of nitrogens with zero attached hydrogens (tertiary/aromatic N) is 3. The second-order valence-corrected chi connectivity index (χ2v) is 14.5. The highest BCUT2D eigenvalue weighted by Crippen LogP contribution is 2.17. The van der Waals surface area contributed by atoms with E-state index in [2.05, 4.69) is 41.4 Å². The maximum Gasteiger partial charge on any atom is 0.306 e. The molecule has 0 fully saturated rings. The van der Waals surface area contributed by atoms with Crippen LogP contribution in [-0.4, -0.2) is 73.8 Å². The van der Waals surface area contributed by atoms with Gasteiger partial charge in [-0.2, -0.15) is 0 Å². The molecule has 0 aliphatic rings. The molecular formula is C41H81N5O6. The van der Waals surface area contributed by atoms with E-state index in [1.165, 1.54) is 57.8 Å². The van der Waals surface area contributed by atoms with E-state index in [0.29, 0.717) is 26.0 Å². The van der Waals surface area contributed by atoms with Gasteiger partial charge in [0.25, 0.3) is 5.96 Å². The number of nitro groups is 1. The van der Waals surface area contributed by atoms with E-state index in [0.717, 1.165) is 129 Å². The Morgan fingerprint density at radius 2 is 1.10 bits per heavy atom. The number of rotatable bonds is 38. The Morgan fingerprint density at radius 1 is 0.635 bits per heavy atom. The first-order valence-corrected chi connectivity index (χ1v) is 21.6. The van der Waals surface area contributed by atoms with Crippen molar-refractivity contribution in [3.05, 3.63) is 10.1 Å². The third-order valence-corrected chi connectivity index (χ3v) is 9.64. The number of nitrogens with one attached hydrogen (secondary N) is 2. The van der Waals surface area contributed by atoms with E-state index in [-0.39, 0.29) is 24.0 Å². The number of guanidine groups is 1. The van der Waals surface area contributed by atoms with E-state index in [1.807, 2.05) is 0 Å². The average Bonchev–Trinajstić information content (AvgIpc) is 3.12. The van der Waals surface area contributed by atoms with Crippen LogP contribution in [0.3, 0.4) is 0 Å². The number of esters is 2. The quantitative estimate of drug-likeness (QED) is 0.0158. The van der Waals surface area contributed by atoms with Crippen molar-refractivity contribution in [3.63, 3.8) is 0 Å². The smallest absolute Gasteiger partial charge is 0.306 e. The molecule has 52 heavy (non-hydrogen) atoms. The fourth-order valence-electron chi connectivity index (χ4n) is 6.44. The monoisotopic (exact) mass is 740 g/mol. The van der Waals surface area contributed by atoms with Crippen LogP contribution < -0.4 is 10.6 Å². The maximum absolute atomic E-state index is 12.6. The lowest BCUT2D eigenvalue weighted by atomic mass is 10.0. The Kier molecular flexibility index (Phi) is 36.5. The van der Waals surface area contributed by atoms with Crippen LogP contribution in [0, 0.1) is 10.1 Å². The molecule has 0 spiro atoms. The Balaban J connectivity index is 4.39. The van der Waals surface area contributed by atoms with E-state index in [4.69, 9.17) is 9.47 Å². The lowest BCUT2D eigenvalue weighted by Crippen LogP contribution is -2.37. The van der Waals surface area contributed by atoms with Crippen molar-refractivity contribution in [1.29, 1.82) is 0 Å². The number of hydrogen-bond donors (Lipinski definition) is 2. The standard InChI is InChI=1S/C41H81N5O6/c1-5-8-11-13-20-27-37-51-39(47)31-23-16-14-18-25-34-45(36-28-33-43-41(42-4)44-46(49)50)35-26-19-15-17-24-32-40(48)52-38(29-21-10-7-3)30-22-12-9-6-2/h38H,5-37H2,1-4H3,(H2,42,43,44). The van der Waals surface area contributed by atoms with Crippen LogP contribution in [0.15, 0.2) is 5.10 Å². The van der Waals surface area contributed by atoms with E-state index < -0.39 is 5.03 Å². The Morgan fingerprint density at radius 3 is 1.67 bits per heavy atom. The molecular weight excluding hydrogens is 658 g/mol. The van der Waals surface area contributed by atoms with Crippen molar-refractivity contribution in [2.24, 2.45) is 5.10 Å². The molecule has 11 nitrogen and oxygen atoms in total. The molecule has 0 aliphatic carbocycles. The van der Waals surface area contributed by atoms with E-state index in [9.17, 15) is 19.7 Å². The predicted octanol–water partition coefficient (Wildman–Crippen LogP) is 10.1. The second kappa shape index (κ2) is 38.3. The minimum Gasteiger partial charge on any atom is -0.466 e. The van der Waals surface area contributed by atoms with Crippen LogP contribution >= 0.6 is 0 Å². The van der Waals surface area contributed by atoms with E-state index >= 15 is 0 Å². The fourth-order valence-corrected chi connectivity index (χ4v) is 6.44. The summed E-state index contributed by atoms with van der Waals surface area (Å²) in [6.07, 6.45) is 30.1. The van der Waals surface area contributed by atoms with Crippen LogP contribution in [0.25, 0.3) is 0 Å². The first-order chi connectivity index (χ1) is 25.4. The molecule has 2 N–H and O–H groups in total. The molecule has 0 aliphatic heterocycles. The van der Waals surface area contributed by atoms with Gasteiger partial charge in [-0.05, 0) is 83.8 Å². The molecule has 1 atom stereocenters. The molecule has 11 heteroatoms. The van der Waals surface area contributed by atoms with E-state index in [1.54, 1.807) is 7.05 Å². The number of ether oxygens (including phenoxy) is 2. The molecule has 0 radical (unpaired) electrons. The SMILES string of the molecule is CCCCCCCCOC(=O)CCCCCCCN(CCCCCCCC(=O)OC(CCCCC)CCCCCC)CCCN/C(=N/[N+](=O)[O-])NC. The van der Waals surface area contributed by atoms with Gasteiger partial charge >= 0.3 is 11.9 Å². The van der Waals surface area contributed by atoms with Crippen LogP contribution in [0.4, 0.5) is 0 Å². The first-order valence-electron chi connectivity index (χ1n) is 21.6. The van der Waals surface area contributed by atoms with Crippen LogP contribution in [-0.2, 0) is 19.1 Å². The zero-order valence-electron chi connectivity index (χ0n) is 34.2. The molecule has 0 saturated carbocycles. The molecule has 0 saturated heterocycles. The number of carbonyl (C=O) groups excluding carboxylic acids is 2. The highest BCUT2D eigenvalue weighted by Gasteiger charge is 2.14. The van der Waals surface area contributed by atoms with Gasteiger partial charge in [0.2, 0.25) is 0 Å². The third kappa shape index (κ3) is 34.6. The second-order valence-electron chi connectivity index (χ2n) is 14.5. The minimum atomic E-state index is -0.700. The van der Waals surface area contributed by atoms with Gasteiger partial charge in [0.05, 0.1) is 6.61 Å². The summed E-state index contributed by atoms with van der Waals surface area (Å²) in [6, 6.07) is 0. The summed E-state index contributed by atoms with van der Waals surface area (Å²) in [5, 5.41) is 19.1. The molecule has 0 heterocycles. The molecule has 1 unspecified atom stereocenters. The summed E-state index contributed by atoms with van der Waals surface area (Å²) < 4.78 is 11.3. The fraction of sp³-hybridized carbons (Fsp3) is 0.927. The van der Waals surface area contributed by atoms with Crippen molar-refractivity contribution in [3.8, 4) is 0 Å². The number of hydrogen-bond acceptors (Lipinski definition) is 7. The van der Waals surface area contributed by atoms with Gasteiger partial charge in [-0.1, -0.05) is 124 Å². The van der Waals surface area contributed by atoms with Crippen molar-refractivity contribution >= 4 is 17.9 Å². The van der Waals surface area contributed by atoms with Gasteiger partial charge in [0, 0.05) is 26.4 Å². The number of unbranched alkanes of at least 4 members (excludes halogenated alkanes) is 18. The van der Waals surface area contributed by atoms with Crippen molar-refractivity contribution in [1.82, 2.24) is 15.5 Å². The average molecular weight is 740 g/mol. The number of hydrazone groups is 1. The Labute approximate surface area is 318 Å². The number of carbonyl (C=O) groups is 2. The summed E-state index contributed by atoms with van der Waals surface area (Å²) in [7, 11) is 1.62. The molecule has 0 bridgehead atoms. The van der Waals surface area contributed by atoms with Gasteiger partial charge in [0.1, 0.15) is 11.2 Å². The lowest BCUT2D eigenvalue weighted by molar-refractivity contribution is -0.485. The zero-order valence-corrected chi connectivity index (χ0v) is 34.2. The largest absolute Gasteiger partial charge is 0.466 e. The topological polar surface area (TPSA) is 135 Å². The lowest BCUT2D eigenvalue weighted by Gasteiger charge is -2.22. The highest BCUT2D eigenvalue weighted by molar-refractivity contribution is 5.78. The molecule has 0 aromatic carbocycles. The zero-order chi connectivity index (χ0) is 38.3. The Bertz CT molecular complexity index is 875. The summed E-state index contributed by atoms with van der Waals surface area (Å²) in [5.41, 5.74) is 0. The summed E-state index contributed by atoms with van der Waals surface area (Å²) in [5.74, 6) is 0.0909. The molecule has 306 valence electrons. The van der Waals surface area contributed by atoms with Crippen molar-refractivity contribution in [2.45, 2.75) is 207 Å². The van der Waals surface area contributed by atoms with Crippen molar-refractivity contribution in [2.75, 3.05) is 39.8 Å². The van der Waals surface area contributed by atoms with Crippen LogP contribution in [0.5, 0.6) is 0 Å². The van der Waals surface area contributed by atoms with Crippen LogP contribution in [0.1, 0.15) is 201 Å². The molecule has 0 rings (SSSR count).